The van der Waals surface area contributed by atoms with Crippen molar-refractivity contribution < 1.29 is 26.1 Å². The second kappa shape index (κ2) is 8.93. The summed E-state index contributed by atoms with van der Waals surface area (Å²) in [6.07, 6.45) is -5.25. The van der Waals surface area contributed by atoms with E-state index in [1.165, 1.54) is 0 Å². The van der Waals surface area contributed by atoms with Gasteiger partial charge in [0.2, 0.25) is 0 Å². The molecule has 0 saturated heterocycles. The Bertz CT molecular complexity index is 236. The lowest BCUT2D eigenvalue weighted by Gasteiger charge is -2.09. The van der Waals surface area contributed by atoms with Crippen molar-refractivity contribution >= 4 is 10.1 Å². The van der Waals surface area contributed by atoms with E-state index >= 15 is 0 Å². The van der Waals surface area contributed by atoms with Crippen molar-refractivity contribution in [3.8, 4) is 0 Å². The number of halogens is 3. The minimum atomic E-state index is -4.52. The Morgan fingerprint density at radius 3 is 1.93 bits per heavy atom. The monoisotopic (exact) mass is 251 g/mol. The SMILES string of the molecule is CNC.O=S(=O)(O)CC(F)C(F)CCF. The molecule has 94 valence electrons. The van der Waals surface area contributed by atoms with Crippen LogP contribution in [-0.4, -0.2) is 51.8 Å². The molecule has 0 radical (unpaired) electrons. The molecule has 0 aromatic heterocycles. The number of hydrogen-bond donors (Lipinski definition) is 2. The largest absolute Gasteiger partial charge is 0.323 e. The van der Waals surface area contributed by atoms with Gasteiger partial charge in [-0.1, -0.05) is 0 Å². The van der Waals surface area contributed by atoms with Crippen LogP contribution in [0.25, 0.3) is 0 Å². The molecule has 0 aliphatic carbocycles. The molecule has 0 aliphatic rings. The average Bonchev–Trinajstić information content (AvgIpc) is 2.02. The predicted octanol–water partition coefficient (Wildman–Crippen LogP) is 0.746. The summed E-state index contributed by atoms with van der Waals surface area (Å²) >= 11 is 0. The second-order valence-electron chi connectivity index (χ2n) is 2.76. The van der Waals surface area contributed by atoms with Crippen LogP contribution in [0.1, 0.15) is 6.42 Å². The third-order valence-corrected chi connectivity index (χ3v) is 1.89. The Morgan fingerprint density at radius 2 is 1.67 bits per heavy atom. The maximum atomic E-state index is 12.4. The van der Waals surface area contributed by atoms with Crippen LogP contribution >= 0.6 is 0 Å². The molecule has 2 N–H and O–H groups in total. The molecule has 4 nitrogen and oxygen atoms in total. The van der Waals surface area contributed by atoms with Gasteiger partial charge >= 0.3 is 0 Å². The van der Waals surface area contributed by atoms with Crippen LogP contribution in [-0.2, 0) is 10.1 Å². The standard InChI is InChI=1S/C5H9F3O3S.C2H7N/c6-2-1-4(7)5(8)3-12(9,10)11;1-3-2/h4-5H,1-3H2,(H,9,10,11);3H,1-2H3. The molecular weight excluding hydrogens is 235 g/mol. The summed E-state index contributed by atoms with van der Waals surface area (Å²) in [5.41, 5.74) is 0. The van der Waals surface area contributed by atoms with Crippen LogP contribution < -0.4 is 5.32 Å². The fourth-order valence-corrected chi connectivity index (χ4v) is 1.20. The summed E-state index contributed by atoms with van der Waals surface area (Å²) in [5, 5.41) is 2.75. The van der Waals surface area contributed by atoms with Crippen molar-refractivity contribution in [1.29, 1.82) is 0 Å². The van der Waals surface area contributed by atoms with Crippen molar-refractivity contribution in [2.45, 2.75) is 18.8 Å². The Balaban J connectivity index is 0. The minimum Gasteiger partial charge on any atom is -0.323 e. The smallest absolute Gasteiger partial charge is 0.267 e. The van der Waals surface area contributed by atoms with E-state index in [1.807, 2.05) is 14.1 Å². The number of rotatable bonds is 5. The van der Waals surface area contributed by atoms with E-state index in [0.717, 1.165) is 0 Å². The van der Waals surface area contributed by atoms with E-state index < -0.39 is 41.3 Å². The van der Waals surface area contributed by atoms with Gasteiger partial charge in [0.05, 0.1) is 6.67 Å². The van der Waals surface area contributed by atoms with Crippen LogP contribution in [0.2, 0.25) is 0 Å². The topological polar surface area (TPSA) is 66.4 Å². The molecule has 0 aliphatic heterocycles. The van der Waals surface area contributed by atoms with Gasteiger partial charge in [0.15, 0.2) is 0 Å². The zero-order valence-corrected chi connectivity index (χ0v) is 9.40. The van der Waals surface area contributed by atoms with Crippen molar-refractivity contribution in [3.05, 3.63) is 0 Å². The summed E-state index contributed by atoms with van der Waals surface area (Å²) in [6, 6.07) is 0. The normalized spacial score (nSPS) is 15.1. The van der Waals surface area contributed by atoms with Crippen molar-refractivity contribution in [3.63, 3.8) is 0 Å². The highest BCUT2D eigenvalue weighted by atomic mass is 32.2. The number of alkyl halides is 3. The molecule has 0 rings (SSSR count). The molecule has 8 heteroatoms. The average molecular weight is 251 g/mol. The summed E-state index contributed by atoms with van der Waals surface area (Å²) in [4.78, 5) is 0. The Morgan fingerprint density at radius 1 is 1.27 bits per heavy atom. The lowest BCUT2D eigenvalue weighted by molar-refractivity contribution is 0.163. The van der Waals surface area contributed by atoms with Gasteiger partial charge in [0.1, 0.15) is 18.1 Å². The zero-order valence-electron chi connectivity index (χ0n) is 8.58. The number of hydrogen-bond acceptors (Lipinski definition) is 3. The third kappa shape index (κ3) is 13.7. The first-order valence-corrected chi connectivity index (χ1v) is 5.77. The molecule has 0 saturated carbocycles. The summed E-state index contributed by atoms with van der Waals surface area (Å²) in [7, 11) is -0.774. The molecule has 0 fully saturated rings. The minimum absolute atomic E-state index is 0.698. The molecule has 0 aromatic rings. The van der Waals surface area contributed by atoms with E-state index in [9.17, 15) is 21.6 Å². The summed E-state index contributed by atoms with van der Waals surface area (Å²) in [5.74, 6) is -1.33. The van der Waals surface area contributed by atoms with E-state index in [-0.39, 0.29) is 0 Å². The van der Waals surface area contributed by atoms with E-state index in [4.69, 9.17) is 4.55 Å². The summed E-state index contributed by atoms with van der Waals surface area (Å²) in [6.45, 7) is -1.06. The van der Waals surface area contributed by atoms with Gasteiger partial charge in [0, 0.05) is 6.42 Å². The van der Waals surface area contributed by atoms with Crippen LogP contribution in [0.4, 0.5) is 13.2 Å². The lowest BCUT2D eigenvalue weighted by atomic mass is 10.2. The fraction of sp³-hybridized carbons (Fsp3) is 1.00. The highest BCUT2D eigenvalue weighted by molar-refractivity contribution is 7.85. The van der Waals surface area contributed by atoms with Crippen LogP contribution in [0.3, 0.4) is 0 Å². The van der Waals surface area contributed by atoms with E-state index in [0.29, 0.717) is 0 Å². The van der Waals surface area contributed by atoms with E-state index in [2.05, 4.69) is 5.32 Å². The molecule has 15 heavy (non-hydrogen) atoms. The highest BCUT2D eigenvalue weighted by Gasteiger charge is 2.25. The molecule has 2 atom stereocenters. The van der Waals surface area contributed by atoms with Gasteiger partial charge in [-0.05, 0) is 14.1 Å². The van der Waals surface area contributed by atoms with Crippen LogP contribution in [0.15, 0.2) is 0 Å². The van der Waals surface area contributed by atoms with Gasteiger partial charge in [-0.25, -0.2) is 8.78 Å². The molecule has 0 spiro atoms. The maximum absolute atomic E-state index is 12.4. The van der Waals surface area contributed by atoms with Crippen molar-refractivity contribution in [1.82, 2.24) is 5.32 Å². The van der Waals surface area contributed by atoms with E-state index in [1.54, 1.807) is 0 Å². The Labute approximate surface area is 87.6 Å². The lowest BCUT2D eigenvalue weighted by Crippen LogP contribution is -2.26. The van der Waals surface area contributed by atoms with Gasteiger partial charge in [0.25, 0.3) is 10.1 Å². The zero-order chi connectivity index (χ0) is 12.5. The van der Waals surface area contributed by atoms with Gasteiger partial charge in [-0.15, -0.1) is 0 Å². The van der Waals surface area contributed by atoms with Crippen LogP contribution in [0.5, 0.6) is 0 Å². The maximum Gasteiger partial charge on any atom is 0.267 e. The van der Waals surface area contributed by atoms with Crippen LogP contribution in [0, 0.1) is 0 Å². The fourth-order valence-electron chi connectivity index (χ4n) is 0.591. The molecule has 0 heterocycles. The number of nitrogens with one attached hydrogen (secondary N) is 1. The molecular formula is C7H16F3NO3S. The van der Waals surface area contributed by atoms with Crippen molar-refractivity contribution in [2.75, 3.05) is 26.5 Å². The molecule has 0 amide bonds. The first kappa shape index (κ1) is 17.1. The quantitative estimate of drug-likeness (QED) is 0.707. The van der Waals surface area contributed by atoms with Gasteiger partial charge in [-0.3, -0.25) is 8.94 Å². The van der Waals surface area contributed by atoms with Gasteiger partial charge < -0.3 is 5.32 Å². The Kier molecular flexibility index (Phi) is 10.2. The highest BCUT2D eigenvalue weighted by Crippen LogP contribution is 2.10. The second-order valence-corrected chi connectivity index (χ2v) is 4.26. The first-order valence-electron chi connectivity index (χ1n) is 4.16. The Hall–Kier alpha value is -0.340. The molecule has 0 bridgehead atoms. The van der Waals surface area contributed by atoms with Crippen molar-refractivity contribution in [2.24, 2.45) is 0 Å². The molecule has 0 aromatic carbocycles. The summed E-state index contributed by atoms with van der Waals surface area (Å²) < 4.78 is 64.2. The first-order chi connectivity index (χ1) is 6.78. The van der Waals surface area contributed by atoms with Gasteiger partial charge in [-0.2, -0.15) is 8.42 Å². The molecule has 2 unspecified atom stereocenters. The third-order valence-electron chi connectivity index (χ3n) is 1.15. The predicted molar refractivity (Wildman–Crippen MR) is 51.8 cm³/mol.